The molecule has 2 unspecified atom stereocenters. The van der Waals surface area contributed by atoms with Gasteiger partial charge in [0.1, 0.15) is 5.82 Å². The number of amides is 2. The fraction of sp³-hybridized carbons (Fsp3) is 0.417. The zero-order chi connectivity index (χ0) is 21.5. The van der Waals surface area contributed by atoms with Crippen LogP contribution in [0.4, 0.5) is 4.39 Å². The highest BCUT2D eigenvalue weighted by Gasteiger charge is 2.29. The van der Waals surface area contributed by atoms with Crippen LogP contribution in [-0.4, -0.2) is 55.3 Å². The zero-order valence-electron chi connectivity index (χ0n) is 17.7. The molecule has 1 fully saturated rings. The SMILES string of the molecule is CN(C)C(CNC(=O)C1CCCN(C(=O)Cc2ccc(F)cc2)C1)c1ccccc1. The summed E-state index contributed by atoms with van der Waals surface area (Å²) in [6.07, 6.45) is 1.82. The first-order valence-corrected chi connectivity index (χ1v) is 10.5. The molecule has 0 bridgehead atoms. The van der Waals surface area contributed by atoms with E-state index < -0.39 is 0 Å². The highest BCUT2D eigenvalue weighted by Crippen LogP contribution is 2.20. The number of halogens is 1. The van der Waals surface area contributed by atoms with E-state index >= 15 is 0 Å². The zero-order valence-corrected chi connectivity index (χ0v) is 17.7. The minimum atomic E-state index is -0.313. The van der Waals surface area contributed by atoms with Crippen molar-refractivity contribution in [2.45, 2.75) is 25.3 Å². The second-order valence-corrected chi connectivity index (χ2v) is 8.12. The van der Waals surface area contributed by atoms with E-state index in [1.165, 1.54) is 12.1 Å². The third-order valence-electron chi connectivity index (χ3n) is 5.69. The Labute approximate surface area is 177 Å². The standard InChI is InChI=1S/C24H30FN3O2/c1-27(2)22(19-7-4-3-5-8-19)16-26-24(30)20-9-6-14-28(17-20)23(29)15-18-10-12-21(25)13-11-18/h3-5,7-8,10-13,20,22H,6,9,14-17H2,1-2H3,(H,26,30). The first kappa shape index (κ1) is 22.0. The third-order valence-corrected chi connectivity index (χ3v) is 5.69. The fourth-order valence-corrected chi connectivity index (χ4v) is 3.92. The lowest BCUT2D eigenvalue weighted by atomic mass is 9.96. The molecule has 5 nitrogen and oxygen atoms in total. The summed E-state index contributed by atoms with van der Waals surface area (Å²) in [5, 5.41) is 3.09. The Morgan fingerprint density at radius 1 is 1.13 bits per heavy atom. The predicted molar refractivity (Wildman–Crippen MR) is 115 cm³/mol. The number of nitrogens with zero attached hydrogens (tertiary/aromatic N) is 2. The normalized spacial score (nSPS) is 17.6. The third kappa shape index (κ3) is 5.89. The van der Waals surface area contributed by atoms with Gasteiger partial charge in [0.2, 0.25) is 11.8 Å². The molecule has 0 saturated carbocycles. The number of likely N-dealkylation sites (N-methyl/N-ethyl adjacent to an activating group) is 1. The van der Waals surface area contributed by atoms with Gasteiger partial charge in [-0.05, 0) is 50.2 Å². The van der Waals surface area contributed by atoms with Crippen molar-refractivity contribution in [1.29, 1.82) is 0 Å². The molecule has 0 radical (unpaired) electrons. The van der Waals surface area contributed by atoms with Gasteiger partial charge in [-0.1, -0.05) is 42.5 Å². The molecule has 2 amide bonds. The van der Waals surface area contributed by atoms with Crippen molar-refractivity contribution in [2.24, 2.45) is 5.92 Å². The van der Waals surface area contributed by atoms with Gasteiger partial charge in [-0.15, -0.1) is 0 Å². The fourth-order valence-electron chi connectivity index (χ4n) is 3.92. The van der Waals surface area contributed by atoms with Crippen LogP contribution in [0.1, 0.15) is 30.0 Å². The van der Waals surface area contributed by atoms with Crippen molar-refractivity contribution in [3.63, 3.8) is 0 Å². The average molecular weight is 412 g/mol. The molecule has 160 valence electrons. The molecule has 0 aliphatic carbocycles. The van der Waals surface area contributed by atoms with E-state index in [4.69, 9.17) is 0 Å². The van der Waals surface area contributed by atoms with E-state index in [1.807, 2.05) is 32.3 Å². The Hall–Kier alpha value is -2.73. The van der Waals surface area contributed by atoms with E-state index in [-0.39, 0.29) is 36.0 Å². The van der Waals surface area contributed by atoms with E-state index in [2.05, 4.69) is 22.3 Å². The number of benzene rings is 2. The van der Waals surface area contributed by atoms with Gasteiger partial charge in [0.15, 0.2) is 0 Å². The maximum Gasteiger partial charge on any atom is 0.227 e. The van der Waals surface area contributed by atoms with E-state index in [0.717, 1.165) is 24.0 Å². The number of piperidine rings is 1. The van der Waals surface area contributed by atoms with Gasteiger partial charge in [-0.3, -0.25) is 9.59 Å². The molecule has 2 aromatic rings. The molecular formula is C24H30FN3O2. The summed E-state index contributed by atoms with van der Waals surface area (Å²) in [6, 6.07) is 16.2. The van der Waals surface area contributed by atoms with Crippen molar-refractivity contribution in [2.75, 3.05) is 33.7 Å². The smallest absolute Gasteiger partial charge is 0.227 e. The molecular weight excluding hydrogens is 381 g/mol. The summed E-state index contributed by atoms with van der Waals surface area (Å²) in [6.45, 7) is 1.62. The molecule has 1 saturated heterocycles. The Morgan fingerprint density at radius 3 is 2.50 bits per heavy atom. The molecule has 1 aliphatic rings. The van der Waals surface area contributed by atoms with Crippen molar-refractivity contribution >= 4 is 11.8 Å². The first-order valence-electron chi connectivity index (χ1n) is 10.5. The van der Waals surface area contributed by atoms with Crippen LogP contribution in [0.15, 0.2) is 54.6 Å². The minimum Gasteiger partial charge on any atom is -0.354 e. The van der Waals surface area contributed by atoms with Gasteiger partial charge >= 0.3 is 0 Å². The minimum absolute atomic E-state index is 0.00272. The lowest BCUT2D eigenvalue weighted by Crippen LogP contribution is -2.47. The molecule has 1 heterocycles. The van der Waals surface area contributed by atoms with Gasteiger partial charge in [0.05, 0.1) is 18.4 Å². The first-order chi connectivity index (χ1) is 14.4. The monoisotopic (exact) mass is 411 g/mol. The van der Waals surface area contributed by atoms with Gasteiger partial charge in [-0.25, -0.2) is 4.39 Å². The summed E-state index contributed by atoms with van der Waals surface area (Å²) in [4.78, 5) is 29.3. The Morgan fingerprint density at radius 2 is 1.83 bits per heavy atom. The van der Waals surface area contributed by atoms with Crippen molar-refractivity contribution in [1.82, 2.24) is 15.1 Å². The predicted octanol–water partition coefficient (Wildman–Crippen LogP) is 3.03. The maximum absolute atomic E-state index is 13.1. The van der Waals surface area contributed by atoms with Crippen LogP contribution in [0.5, 0.6) is 0 Å². The van der Waals surface area contributed by atoms with E-state index in [9.17, 15) is 14.0 Å². The van der Waals surface area contributed by atoms with Crippen LogP contribution in [0, 0.1) is 11.7 Å². The number of likely N-dealkylation sites (tertiary alicyclic amines) is 1. The molecule has 2 aromatic carbocycles. The van der Waals surface area contributed by atoms with Crippen LogP contribution in [0.2, 0.25) is 0 Å². The molecule has 2 atom stereocenters. The number of hydrogen-bond acceptors (Lipinski definition) is 3. The van der Waals surface area contributed by atoms with Crippen molar-refractivity contribution in [3.8, 4) is 0 Å². The quantitative estimate of drug-likeness (QED) is 0.762. The van der Waals surface area contributed by atoms with E-state index in [1.54, 1.807) is 17.0 Å². The molecule has 3 rings (SSSR count). The van der Waals surface area contributed by atoms with Crippen LogP contribution < -0.4 is 5.32 Å². The number of hydrogen-bond donors (Lipinski definition) is 1. The van der Waals surface area contributed by atoms with Gasteiger partial charge in [0, 0.05) is 19.6 Å². The second kappa shape index (κ2) is 10.3. The van der Waals surface area contributed by atoms with Crippen LogP contribution in [0.25, 0.3) is 0 Å². The van der Waals surface area contributed by atoms with Crippen molar-refractivity contribution < 1.29 is 14.0 Å². The molecule has 6 heteroatoms. The number of carbonyl (C=O) groups excluding carboxylic acids is 2. The second-order valence-electron chi connectivity index (χ2n) is 8.12. The van der Waals surface area contributed by atoms with Crippen LogP contribution in [-0.2, 0) is 16.0 Å². The maximum atomic E-state index is 13.1. The number of rotatable bonds is 7. The molecule has 0 spiro atoms. The summed E-state index contributed by atoms with van der Waals surface area (Å²) >= 11 is 0. The molecule has 1 aliphatic heterocycles. The largest absolute Gasteiger partial charge is 0.354 e. The Kier molecular flexibility index (Phi) is 7.57. The summed E-state index contributed by atoms with van der Waals surface area (Å²) in [5.74, 6) is -0.534. The highest BCUT2D eigenvalue weighted by molar-refractivity contribution is 5.82. The van der Waals surface area contributed by atoms with Gasteiger partial charge in [0.25, 0.3) is 0 Å². The molecule has 0 aromatic heterocycles. The van der Waals surface area contributed by atoms with E-state index in [0.29, 0.717) is 19.6 Å². The summed E-state index contributed by atoms with van der Waals surface area (Å²) < 4.78 is 13.1. The summed E-state index contributed by atoms with van der Waals surface area (Å²) in [7, 11) is 4.00. The number of carbonyl (C=O) groups is 2. The Balaban J connectivity index is 1.54. The average Bonchev–Trinajstić information content (AvgIpc) is 2.76. The van der Waals surface area contributed by atoms with Crippen LogP contribution in [0.3, 0.4) is 0 Å². The number of nitrogens with one attached hydrogen (secondary N) is 1. The summed E-state index contributed by atoms with van der Waals surface area (Å²) in [5.41, 5.74) is 1.94. The lowest BCUT2D eigenvalue weighted by molar-refractivity contribution is -0.135. The highest BCUT2D eigenvalue weighted by atomic mass is 19.1. The molecule has 1 N–H and O–H groups in total. The van der Waals surface area contributed by atoms with Crippen molar-refractivity contribution in [3.05, 3.63) is 71.5 Å². The lowest BCUT2D eigenvalue weighted by Gasteiger charge is -2.33. The van der Waals surface area contributed by atoms with Crippen LogP contribution >= 0.6 is 0 Å². The Bertz CT molecular complexity index is 839. The van der Waals surface area contributed by atoms with Gasteiger partial charge < -0.3 is 15.1 Å². The topological polar surface area (TPSA) is 52.7 Å². The van der Waals surface area contributed by atoms with Gasteiger partial charge in [-0.2, -0.15) is 0 Å². The molecule has 30 heavy (non-hydrogen) atoms.